The van der Waals surface area contributed by atoms with Gasteiger partial charge in [-0.15, -0.1) is 0 Å². The molecule has 0 amide bonds. The zero-order valence-electron chi connectivity index (χ0n) is 21.5. The van der Waals surface area contributed by atoms with E-state index in [9.17, 15) is 10.1 Å². The fraction of sp³-hybridized carbons (Fsp3) is 0.0606. The lowest BCUT2D eigenvalue weighted by Crippen LogP contribution is -1.91. The van der Waals surface area contributed by atoms with Crippen molar-refractivity contribution in [2.75, 3.05) is 0 Å². The molecule has 1 N–H and O–H groups in total. The molecule has 0 fully saturated rings. The fourth-order valence-electron chi connectivity index (χ4n) is 4.98. The van der Waals surface area contributed by atoms with Gasteiger partial charge in [0.2, 0.25) is 5.89 Å². The number of nitrogens with zero attached hydrogens (tertiary/aromatic N) is 2. The summed E-state index contributed by atoms with van der Waals surface area (Å²) in [6.07, 6.45) is 0. The number of benzene rings is 5. The molecule has 0 bridgehead atoms. The van der Waals surface area contributed by atoms with E-state index in [0.29, 0.717) is 11.5 Å². The lowest BCUT2D eigenvalue weighted by atomic mass is 9.97. The van der Waals surface area contributed by atoms with Crippen molar-refractivity contribution in [2.45, 2.75) is 13.8 Å². The lowest BCUT2D eigenvalue weighted by Gasteiger charge is -2.07. The maximum absolute atomic E-state index is 11.6. The van der Waals surface area contributed by atoms with E-state index in [2.05, 4.69) is 29.2 Å². The van der Waals surface area contributed by atoms with Gasteiger partial charge in [0.15, 0.2) is 5.58 Å². The molecule has 5 aromatic carbocycles. The van der Waals surface area contributed by atoms with E-state index < -0.39 is 0 Å². The summed E-state index contributed by atoms with van der Waals surface area (Å²) in [6.45, 7) is 4.00. The molecular formula is C33H25N3O3. The van der Waals surface area contributed by atoms with Crippen LogP contribution in [0.25, 0.3) is 66.6 Å². The number of fused-ring (bicyclic) bond motifs is 5. The van der Waals surface area contributed by atoms with Gasteiger partial charge in [-0.25, -0.2) is 4.98 Å². The number of hydrogen-bond acceptors (Lipinski definition) is 4. The number of nitro groups is 1. The van der Waals surface area contributed by atoms with Crippen LogP contribution in [-0.2, 0) is 0 Å². The summed E-state index contributed by atoms with van der Waals surface area (Å²) >= 11 is 0. The quantitative estimate of drug-likeness (QED) is 0.188. The molecule has 0 unspecified atom stereocenters. The molecule has 2 heterocycles. The van der Waals surface area contributed by atoms with Crippen molar-refractivity contribution in [1.82, 2.24) is 9.97 Å². The van der Waals surface area contributed by atoms with Crippen molar-refractivity contribution in [3.63, 3.8) is 0 Å². The Bertz CT molecular complexity index is 1970. The first-order chi connectivity index (χ1) is 19.2. The van der Waals surface area contributed by atoms with E-state index in [4.69, 9.17) is 9.40 Å². The number of hydrogen-bond donors (Lipinski definition) is 1. The van der Waals surface area contributed by atoms with Crippen molar-refractivity contribution in [2.24, 2.45) is 0 Å². The third-order valence-corrected chi connectivity index (χ3v) is 6.76. The highest BCUT2D eigenvalue weighted by molar-refractivity contribution is 6.15. The zero-order chi connectivity index (χ0) is 26.9. The largest absolute Gasteiger partial charge is 0.434 e. The van der Waals surface area contributed by atoms with Crippen molar-refractivity contribution in [1.29, 1.82) is 0 Å². The second kappa shape index (κ2) is 9.91. The van der Waals surface area contributed by atoms with Gasteiger partial charge in [0, 0.05) is 27.9 Å². The highest BCUT2D eigenvalue weighted by Crippen LogP contribution is 2.37. The van der Waals surface area contributed by atoms with Gasteiger partial charge in [0.25, 0.3) is 5.69 Å². The Kier molecular flexibility index (Phi) is 6.13. The van der Waals surface area contributed by atoms with E-state index in [1.165, 1.54) is 6.07 Å². The van der Waals surface area contributed by atoms with E-state index in [0.717, 1.165) is 55.2 Å². The van der Waals surface area contributed by atoms with Crippen LogP contribution in [0, 0.1) is 10.1 Å². The molecule has 0 aliphatic rings. The molecule has 0 spiro atoms. The first-order valence-electron chi connectivity index (χ1n) is 12.9. The Morgan fingerprint density at radius 3 is 2.26 bits per heavy atom. The van der Waals surface area contributed by atoms with Crippen LogP contribution in [0.3, 0.4) is 0 Å². The standard InChI is InChI=1S/C31H19N3O3.C2H6/c35-34(36)28-12-5-4-11-23(28)22-10-6-9-20(17-22)21-13-15-26-25(18-21)24-14-16-27-30(29(24)32-26)37-31(33-27)19-7-2-1-3-8-19;1-2/h1-18,32H;1-2H3. The third kappa shape index (κ3) is 4.22. The average Bonchev–Trinajstić information content (AvgIpc) is 3.60. The Morgan fingerprint density at radius 1 is 0.718 bits per heavy atom. The molecular weight excluding hydrogens is 486 g/mol. The molecule has 0 aliphatic heterocycles. The van der Waals surface area contributed by atoms with E-state index in [-0.39, 0.29) is 10.6 Å². The van der Waals surface area contributed by atoms with Crippen molar-refractivity contribution < 1.29 is 9.34 Å². The molecule has 7 rings (SSSR count). The van der Waals surface area contributed by atoms with E-state index in [1.807, 2.05) is 80.6 Å². The average molecular weight is 512 g/mol. The molecule has 7 aromatic rings. The monoisotopic (exact) mass is 511 g/mol. The molecule has 190 valence electrons. The predicted molar refractivity (Wildman–Crippen MR) is 158 cm³/mol. The maximum atomic E-state index is 11.6. The van der Waals surface area contributed by atoms with Gasteiger partial charge in [-0.2, -0.15) is 0 Å². The van der Waals surface area contributed by atoms with Crippen LogP contribution < -0.4 is 0 Å². The first-order valence-corrected chi connectivity index (χ1v) is 12.9. The molecule has 0 atom stereocenters. The molecule has 0 radical (unpaired) electrons. The minimum atomic E-state index is -0.340. The SMILES string of the molecule is CC.O=[N+]([O-])c1ccccc1-c1cccc(-c2ccc3[nH]c4c(ccc5nc(-c6ccccc6)oc54)c3c2)c1. The van der Waals surface area contributed by atoms with Crippen molar-refractivity contribution >= 4 is 38.6 Å². The zero-order valence-corrected chi connectivity index (χ0v) is 21.5. The van der Waals surface area contributed by atoms with Crippen LogP contribution in [0.1, 0.15) is 13.8 Å². The van der Waals surface area contributed by atoms with Gasteiger partial charge in [0.05, 0.1) is 16.0 Å². The predicted octanol–water partition coefficient (Wildman–Crippen LogP) is 9.40. The maximum Gasteiger partial charge on any atom is 0.277 e. The van der Waals surface area contributed by atoms with Gasteiger partial charge in [-0.1, -0.05) is 68.4 Å². The van der Waals surface area contributed by atoms with Crippen molar-refractivity contribution in [3.05, 3.63) is 119 Å². The van der Waals surface area contributed by atoms with Gasteiger partial charge >= 0.3 is 0 Å². The molecule has 0 saturated heterocycles. The van der Waals surface area contributed by atoms with Crippen LogP contribution in [0.4, 0.5) is 5.69 Å². The minimum absolute atomic E-state index is 0.0951. The van der Waals surface area contributed by atoms with E-state index in [1.54, 1.807) is 12.1 Å². The van der Waals surface area contributed by atoms with Gasteiger partial charge < -0.3 is 9.40 Å². The van der Waals surface area contributed by atoms with Crippen LogP contribution in [0.5, 0.6) is 0 Å². The van der Waals surface area contributed by atoms with Crippen LogP contribution >= 0.6 is 0 Å². The minimum Gasteiger partial charge on any atom is -0.434 e. The second-order valence-electron chi connectivity index (χ2n) is 8.96. The topological polar surface area (TPSA) is 85.0 Å². The Labute approximate surface area is 224 Å². The molecule has 6 heteroatoms. The highest BCUT2D eigenvalue weighted by atomic mass is 16.6. The number of H-pyrrole nitrogens is 1. The number of nitro benzene ring substituents is 1. The number of aromatic nitrogens is 2. The van der Waals surface area contributed by atoms with Gasteiger partial charge in [-0.05, 0) is 65.2 Å². The van der Waals surface area contributed by atoms with Crippen molar-refractivity contribution in [3.8, 4) is 33.7 Å². The number of para-hydroxylation sites is 1. The normalized spacial score (nSPS) is 11.0. The Balaban J connectivity index is 0.00000135. The summed E-state index contributed by atoms with van der Waals surface area (Å²) in [6, 6.07) is 34.9. The first kappa shape index (κ1) is 24.1. The lowest BCUT2D eigenvalue weighted by molar-refractivity contribution is -0.384. The number of nitrogens with one attached hydrogen (secondary N) is 1. The molecule has 0 saturated carbocycles. The highest BCUT2D eigenvalue weighted by Gasteiger charge is 2.17. The van der Waals surface area contributed by atoms with Crippen LogP contribution in [0.2, 0.25) is 0 Å². The fourth-order valence-corrected chi connectivity index (χ4v) is 4.98. The Hall–Kier alpha value is -5.23. The summed E-state index contributed by atoms with van der Waals surface area (Å²) < 4.78 is 6.21. The third-order valence-electron chi connectivity index (χ3n) is 6.76. The summed E-state index contributed by atoms with van der Waals surface area (Å²) in [7, 11) is 0. The van der Waals surface area contributed by atoms with Crippen LogP contribution in [0.15, 0.2) is 114 Å². The summed E-state index contributed by atoms with van der Waals surface area (Å²) in [5.74, 6) is 0.592. The summed E-state index contributed by atoms with van der Waals surface area (Å²) in [5, 5.41) is 13.7. The second-order valence-corrected chi connectivity index (χ2v) is 8.96. The summed E-state index contributed by atoms with van der Waals surface area (Å²) in [5.41, 5.74) is 7.89. The van der Waals surface area contributed by atoms with Gasteiger partial charge in [-0.3, -0.25) is 10.1 Å². The van der Waals surface area contributed by atoms with Gasteiger partial charge in [0.1, 0.15) is 5.52 Å². The van der Waals surface area contributed by atoms with Crippen LogP contribution in [-0.4, -0.2) is 14.9 Å². The molecule has 39 heavy (non-hydrogen) atoms. The molecule has 0 aliphatic carbocycles. The Morgan fingerprint density at radius 2 is 1.44 bits per heavy atom. The number of rotatable bonds is 4. The summed E-state index contributed by atoms with van der Waals surface area (Å²) in [4.78, 5) is 19.4. The number of oxazole rings is 1. The smallest absolute Gasteiger partial charge is 0.277 e. The van der Waals surface area contributed by atoms with E-state index >= 15 is 0 Å². The number of aromatic amines is 1. The molecule has 6 nitrogen and oxygen atoms in total. The molecule has 2 aromatic heterocycles.